The summed E-state index contributed by atoms with van der Waals surface area (Å²) in [5.41, 5.74) is 9.33. The van der Waals surface area contributed by atoms with Crippen LogP contribution < -0.4 is 37.5 Å². The molecule has 1 aliphatic rings. The van der Waals surface area contributed by atoms with Crippen molar-refractivity contribution in [3.63, 3.8) is 0 Å². The highest BCUT2D eigenvalue weighted by molar-refractivity contribution is 6.30. The largest absolute Gasteiger partial charge is 0.493 e. The smallest absolute Gasteiger partial charge is 0.433 e. The third kappa shape index (κ3) is 7.89. The first-order chi connectivity index (χ1) is 27.8. The Kier molecular flexibility index (Phi) is 12.7. The molecule has 0 bridgehead atoms. The molecule has 0 fully saturated rings. The van der Waals surface area contributed by atoms with Crippen LogP contribution in [0, 0.1) is 23.0 Å². The molecular weight excluding hydrogens is 807 g/mol. The number of fused-ring (bicyclic) bond motifs is 2. The van der Waals surface area contributed by atoms with Gasteiger partial charge < -0.3 is 31.2 Å². The van der Waals surface area contributed by atoms with Crippen LogP contribution in [0.3, 0.4) is 0 Å². The summed E-state index contributed by atoms with van der Waals surface area (Å²) in [6.07, 6.45) is -5.75. The molecule has 0 aliphatic carbocycles. The van der Waals surface area contributed by atoms with Gasteiger partial charge in [0.05, 0.1) is 36.3 Å². The second kappa shape index (κ2) is 17.0. The van der Waals surface area contributed by atoms with Crippen LogP contribution in [-0.2, 0) is 33.4 Å². The van der Waals surface area contributed by atoms with E-state index in [0.29, 0.717) is 34.4 Å². The standard InChI is InChI=1S/C19H18ClN5O3.C19H20F5N5O2/c1-4-28-17-13(9-22)14(12-6-5-11(20)7-10(12)8-21)15-16(23-17)24(2)19(27)25(3)18(15)26;1-28(2)18-27-16-13(17(30)29(18)3)12(10(7-25)15(26-16)19(22,23)24)9-5-8(20)6-11(21)14(9)31-4/h5-7H,4,9,22H2,1-3H3;5-6,18H,7,25H2,1-4H3,(H,26,27). The number of hydrogen-bond donors (Lipinski definition) is 3. The minimum atomic E-state index is -4.95. The topological polar surface area (TPSA) is 200 Å². The van der Waals surface area contributed by atoms with E-state index in [4.69, 9.17) is 32.5 Å². The SMILES string of the molecule is CCOc1nc2c(c(-c3ccc(Cl)cc3C#N)c1CN)c(=O)n(C)c(=O)n2C.COc1c(F)cc(F)cc1-c1c(CN)c(C(F)(F)F)nc2c1C(=O)N(C)C(N(C)C)N2. The summed E-state index contributed by atoms with van der Waals surface area (Å²) < 4.78 is 82.9. The monoisotopic (exact) mass is 844 g/mol. The number of hydrogen-bond acceptors (Lipinski definition) is 12. The highest BCUT2D eigenvalue weighted by atomic mass is 35.5. The van der Waals surface area contributed by atoms with E-state index in [0.717, 1.165) is 17.7 Å². The Balaban J connectivity index is 0.000000225. The molecule has 59 heavy (non-hydrogen) atoms. The zero-order valence-electron chi connectivity index (χ0n) is 32.7. The molecule has 5 aromatic rings. The van der Waals surface area contributed by atoms with Crippen molar-refractivity contribution in [1.82, 2.24) is 28.9 Å². The zero-order valence-corrected chi connectivity index (χ0v) is 33.4. The van der Waals surface area contributed by atoms with Gasteiger partial charge in [-0.1, -0.05) is 17.7 Å². The van der Waals surface area contributed by atoms with Crippen LogP contribution in [0.4, 0.5) is 27.8 Å². The second-order valence-corrected chi connectivity index (χ2v) is 13.7. The Hall–Kier alpha value is -6.14. The Morgan fingerprint density at radius 3 is 2.19 bits per heavy atom. The van der Waals surface area contributed by atoms with Crippen LogP contribution in [0.15, 0.2) is 39.9 Å². The summed E-state index contributed by atoms with van der Waals surface area (Å²) >= 11 is 6.03. The van der Waals surface area contributed by atoms with E-state index in [1.165, 1.54) is 36.7 Å². The van der Waals surface area contributed by atoms with Gasteiger partial charge in [0.25, 0.3) is 11.5 Å². The van der Waals surface area contributed by atoms with Crippen LogP contribution in [-0.4, -0.2) is 76.0 Å². The lowest BCUT2D eigenvalue weighted by Crippen LogP contribution is -2.54. The fourth-order valence-electron chi connectivity index (χ4n) is 6.78. The summed E-state index contributed by atoms with van der Waals surface area (Å²) in [5, 5.41) is 13.0. The molecule has 6 rings (SSSR count). The number of benzene rings is 2. The fourth-order valence-corrected chi connectivity index (χ4v) is 6.95. The van der Waals surface area contributed by atoms with E-state index in [-0.39, 0.29) is 46.0 Å². The number of alkyl halides is 3. The molecule has 5 N–H and O–H groups in total. The number of aryl methyl sites for hydroxylation is 1. The van der Waals surface area contributed by atoms with Gasteiger partial charge in [-0.3, -0.25) is 23.6 Å². The molecule has 21 heteroatoms. The second-order valence-electron chi connectivity index (χ2n) is 13.2. The van der Waals surface area contributed by atoms with Crippen molar-refractivity contribution in [2.24, 2.45) is 25.6 Å². The lowest BCUT2D eigenvalue weighted by atomic mass is 9.91. The van der Waals surface area contributed by atoms with E-state index < -0.39 is 70.4 Å². The van der Waals surface area contributed by atoms with E-state index in [1.54, 1.807) is 38.1 Å². The molecule has 1 aliphatic heterocycles. The number of nitrogens with one attached hydrogen (secondary N) is 1. The maximum absolute atomic E-state index is 14.4. The molecule has 0 spiro atoms. The summed E-state index contributed by atoms with van der Waals surface area (Å²) in [6.45, 7) is 1.43. The molecule has 0 saturated carbocycles. The van der Waals surface area contributed by atoms with Gasteiger partial charge in [0, 0.05) is 78.7 Å². The predicted molar refractivity (Wildman–Crippen MR) is 209 cm³/mol. The first kappa shape index (κ1) is 44.0. The predicted octanol–water partition coefficient (Wildman–Crippen LogP) is 4.54. The molecule has 0 radical (unpaired) electrons. The normalized spacial score (nSPS) is 13.8. The first-order valence-electron chi connectivity index (χ1n) is 17.5. The third-order valence-electron chi connectivity index (χ3n) is 9.42. The Labute approximate surface area is 338 Å². The van der Waals surface area contributed by atoms with Crippen LogP contribution in [0.25, 0.3) is 33.3 Å². The quantitative estimate of drug-likeness (QED) is 0.185. The molecule has 1 atom stereocenters. The lowest BCUT2D eigenvalue weighted by molar-refractivity contribution is -0.141. The highest BCUT2D eigenvalue weighted by Crippen LogP contribution is 2.45. The van der Waals surface area contributed by atoms with Crippen molar-refractivity contribution in [1.29, 1.82) is 5.26 Å². The van der Waals surface area contributed by atoms with Crippen molar-refractivity contribution < 1.29 is 36.2 Å². The van der Waals surface area contributed by atoms with Gasteiger partial charge in [0.15, 0.2) is 29.2 Å². The number of methoxy groups -OCH3 is 1. The van der Waals surface area contributed by atoms with E-state index >= 15 is 0 Å². The van der Waals surface area contributed by atoms with E-state index in [2.05, 4.69) is 21.4 Å². The van der Waals surface area contributed by atoms with Gasteiger partial charge in [-0.25, -0.2) is 18.6 Å². The summed E-state index contributed by atoms with van der Waals surface area (Å²) in [4.78, 5) is 49.4. The minimum Gasteiger partial charge on any atom is -0.493 e. The summed E-state index contributed by atoms with van der Waals surface area (Å²) in [6, 6.07) is 8.20. The molecule has 3 aromatic heterocycles. The number of amides is 1. The molecule has 2 aromatic carbocycles. The summed E-state index contributed by atoms with van der Waals surface area (Å²) in [5.74, 6) is -3.60. The number of rotatable bonds is 8. The van der Waals surface area contributed by atoms with Gasteiger partial charge in [0.2, 0.25) is 5.88 Å². The molecular formula is C38H38ClF5N10O5. The number of carbonyl (C=O) groups excluding carboxylic acids is 1. The number of anilines is 1. The van der Waals surface area contributed by atoms with E-state index in [9.17, 15) is 41.6 Å². The minimum absolute atomic E-state index is 0.0209. The Morgan fingerprint density at radius 2 is 1.63 bits per heavy atom. The van der Waals surface area contributed by atoms with Gasteiger partial charge >= 0.3 is 11.9 Å². The van der Waals surface area contributed by atoms with Crippen molar-refractivity contribution in [2.45, 2.75) is 32.5 Å². The highest BCUT2D eigenvalue weighted by Gasteiger charge is 2.43. The summed E-state index contributed by atoms with van der Waals surface area (Å²) in [7, 11) is 8.63. The zero-order chi connectivity index (χ0) is 43.8. The maximum atomic E-state index is 14.4. The van der Waals surface area contributed by atoms with Crippen LogP contribution in [0.2, 0.25) is 5.02 Å². The number of nitrogens with zero attached hydrogens (tertiary/aromatic N) is 7. The van der Waals surface area contributed by atoms with Crippen molar-refractivity contribution in [3.05, 3.63) is 95.8 Å². The van der Waals surface area contributed by atoms with Crippen molar-refractivity contribution >= 4 is 34.4 Å². The van der Waals surface area contributed by atoms with Crippen molar-refractivity contribution in [3.8, 4) is 40.0 Å². The number of nitriles is 1. The van der Waals surface area contributed by atoms with E-state index in [1.807, 2.05) is 0 Å². The van der Waals surface area contributed by atoms with Crippen LogP contribution in [0.1, 0.15) is 39.7 Å². The third-order valence-corrected chi connectivity index (χ3v) is 9.65. The first-order valence-corrected chi connectivity index (χ1v) is 17.9. The fraction of sp³-hybridized carbons (Fsp3) is 0.316. The van der Waals surface area contributed by atoms with Gasteiger partial charge in [0.1, 0.15) is 11.6 Å². The van der Waals surface area contributed by atoms with Gasteiger partial charge in [-0.05, 0) is 39.2 Å². The molecule has 312 valence electrons. The van der Waals surface area contributed by atoms with Gasteiger partial charge in [-0.2, -0.15) is 23.4 Å². The van der Waals surface area contributed by atoms with Crippen LogP contribution >= 0.6 is 11.6 Å². The van der Waals surface area contributed by atoms with Gasteiger partial charge in [-0.15, -0.1) is 0 Å². The molecule has 4 heterocycles. The maximum Gasteiger partial charge on any atom is 0.433 e. The molecule has 1 amide bonds. The number of ether oxygens (including phenoxy) is 2. The lowest BCUT2D eigenvalue weighted by Gasteiger charge is -2.39. The Morgan fingerprint density at radius 1 is 0.966 bits per heavy atom. The molecule has 1 unspecified atom stereocenters. The average molecular weight is 845 g/mol. The number of nitrogens with two attached hydrogens (primary N) is 2. The number of aromatic nitrogens is 4. The Bertz CT molecular complexity index is 2660. The number of pyridine rings is 2. The molecule has 0 saturated heterocycles. The number of carbonyl (C=O) groups is 1. The molecule has 15 nitrogen and oxygen atoms in total. The number of halogens is 6. The van der Waals surface area contributed by atoms with Crippen LogP contribution in [0.5, 0.6) is 11.6 Å². The van der Waals surface area contributed by atoms with Crippen molar-refractivity contribution in [2.75, 3.05) is 40.2 Å². The average Bonchev–Trinajstić information content (AvgIpc) is 3.18.